The smallest absolute Gasteiger partial charge is 0.345 e. The van der Waals surface area contributed by atoms with E-state index in [2.05, 4.69) is 24.3 Å². The molecule has 0 saturated heterocycles. The summed E-state index contributed by atoms with van der Waals surface area (Å²) in [6.07, 6.45) is 6.35. The average Bonchev–Trinajstić information content (AvgIpc) is 3.22. The van der Waals surface area contributed by atoms with Gasteiger partial charge in [0.1, 0.15) is 4.88 Å². The number of hydrogen-bond acceptors (Lipinski definition) is 3. The normalized spacial score (nSPS) is 25.0. The van der Waals surface area contributed by atoms with E-state index in [0.717, 1.165) is 43.4 Å². The maximum Gasteiger partial charge on any atom is 0.345 e. The van der Waals surface area contributed by atoms with Crippen molar-refractivity contribution in [3.05, 3.63) is 57.8 Å². The quantitative estimate of drug-likeness (QED) is 0.548. The highest BCUT2D eigenvalue weighted by molar-refractivity contribution is 7.13. The van der Waals surface area contributed by atoms with Crippen LogP contribution in [0.15, 0.2) is 42.5 Å². The molecular weight excluding hydrogens is 380 g/mol. The lowest BCUT2D eigenvalue weighted by Crippen LogP contribution is -2.21. The summed E-state index contributed by atoms with van der Waals surface area (Å²) in [6.45, 7) is 0. The molecule has 27 heavy (non-hydrogen) atoms. The second-order valence-electron chi connectivity index (χ2n) is 7.49. The molecule has 0 bridgehead atoms. The third-order valence-corrected chi connectivity index (χ3v) is 7.29. The lowest BCUT2D eigenvalue weighted by Gasteiger charge is -2.23. The molecule has 1 aliphatic rings. The van der Waals surface area contributed by atoms with Gasteiger partial charge in [-0.3, -0.25) is 0 Å². The van der Waals surface area contributed by atoms with Crippen LogP contribution >= 0.6 is 22.9 Å². The Hall–Kier alpha value is -1.36. The first-order valence-corrected chi connectivity index (χ1v) is 11.0. The number of carboxylic acids is 1. The third kappa shape index (κ3) is 5.56. The van der Waals surface area contributed by atoms with E-state index >= 15 is 0 Å². The van der Waals surface area contributed by atoms with E-state index < -0.39 is 5.97 Å². The van der Waals surface area contributed by atoms with Gasteiger partial charge in [0.15, 0.2) is 0 Å². The monoisotopic (exact) mass is 406 g/mol. The zero-order chi connectivity index (χ0) is 19.2. The van der Waals surface area contributed by atoms with Crippen LogP contribution in [-0.4, -0.2) is 27.7 Å². The number of aliphatic hydroxyl groups excluding tert-OH is 1. The Balaban J connectivity index is 1.48. The summed E-state index contributed by atoms with van der Waals surface area (Å²) < 4.78 is 0. The van der Waals surface area contributed by atoms with Gasteiger partial charge in [0.05, 0.1) is 6.10 Å². The fourth-order valence-corrected chi connectivity index (χ4v) is 5.64. The van der Waals surface area contributed by atoms with Crippen molar-refractivity contribution in [2.75, 3.05) is 0 Å². The van der Waals surface area contributed by atoms with Gasteiger partial charge in [0.2, 0.25) is 0 Å². The number of aryl methyl sites for hydroxylation is 2. The first-order valence-electron chi connectivity index (χ1n) is 9.72. The molecule has 1 heterocycles. The maximum absolute atomic E-state index is 11.0. The van der Waals surface area contributed by atoms with Gasteiger partial charge >= 0.3 is 5.97 Å². The molecule has 5 heteroatoms. The lowest BCUT2D eigenvalue weighted by atomic mass is 9.85. The summed E-state index contributed by atoms with van der Waals surface area (Å²) in [5, 5.41) is 19.5. The molecule has 0 amide bonds. The van der Waals surface area contributed by atoms with E-state index in [-0.39, 0.29) is 17.4 Å². The minimum absolute atomic E-state index is 0.0413. The Bertz CT molecular complexity index is 730. The zero-order valence-corrected chi connectivity index (χ0v) is 17.0. The van der Waals surface area contributed by atoms with Crippen molar-refractivity contribution in [3.63, 3.8) is 0 Å². The van der Waals surface area contributed by atoms with Gasteiger partial charge in [0, 0.05) is 10.3 Å². The van der Waals surface area contributed by atoms with Gasteiger partial charge in [0.25, 0.3) is 0 Å². The molecule has 3 nitrogen and oxygen atoms in total. The highest BCUT2D eigenvalue weighted by Gasteiger charge is 2.40. The van der Waals surface area contributed by atoms with E-state index in [0.29, 0.717) is 17.2 Å². The van der Waals surface area contributed by atoms with Crippen LogP contribution in [0.1, 0.15) is 52.2 Å². The van der Waals surface area contributed by atoms with Crippen molar-refractivity contribution in [1.82, 2.24) is 0 Å². The van der Waals surface area contributed by atoms with Crippen molar-refractivity contribution in [2.45, 2.75) is 56.4 Å². The molecule has 2 aromatic rings. The number of alkyl halides is 1. The topological polar surface area (TPSA) is 57.5 Å². The number of aromatic carboxylic acids is 1. The predicted molar refractivity (Wildman–Crippen MR) is 111 cm³/mol. The second kappa shape index (κ2) is 9.72. The number of hydrogen-bond donors (Lipinski definition) is 2. The molecule has 146 valence electrons. The molecule has 1 aliphatic carbocycles. The van der Waals surface area contributed by atoms with Crippen LogP contribution in [0.4, 0.5) is 0 Å². The van der Waals surface area contributed by atoms with E-state index in [1.54, 1.807) is 6.07 Å². The van der Waals surface area contributed by atoms with Gasteiger partial charge in [-0.1, -0.05) is 30.3 Å². The molecule has 0 aliphatic heterocycles. The Morgan fingerprint density at radius 1 is 1.04 bits per heavy atom. The van der Waals surface area contributed by atoms with Crippen molar-refractivity contribution < 1.29 is 15.0 Å². The summed E-state index contributed by atoms with van der Waals surface area (Å²) >= 11 is 7.91. The predicted octanol–water partition coefficient (Wildman–Crippen LogP) is 5.40. The van der Waals surface area contributed by atoms with Crippen LogP contribution in [0.3, 0.4) is 0 Å². The van der Waals surface area contributed by atoms with E-state index in [9.17, 15) is 9.90 Å². The van der Waals surface area contributed by atoms with Gasteiger partial charge in [-0.25, -0.2) is 4.79 Å². The minimum Gasteiger partial charge on any atom is -0.477 e. The fourth-order valence-electron chi connectivity index (χ4n) is 4.26. The molecule has 1 saturated carbocycles. The average molecular weight is 407 g/mol. The molecule has 3 rings (SSSR count). The lowest BCUT2D eigenvalue weighted by molar-refractivity contribution is 0.0702. The van der Waals surface area contributed by atoms with Gasteiger partial charge in [-0.2, -0.15) is 0 Å². The highest BCUT2D eigenvalue weighted by Crippen LogP contribution is 2.41. The van der Waals surface area contributed by atoms with Crippen molar-refractivity contribution in [3.8, 4) is 0 Å². The van der Waals surface area contributed by atoms with E-state index in [1.807, 2.05) is 12.1 Å². The molecule has 1 aromatic carbocycles. The number of thiophene rings is 1. The van der Waals surface area contributed by atoms with Crippen LogP contribution in [-0.2, 0) is 12.8 Å². The number of benzene rings is 1. The standard InChI is InChI=1S/C22H27ClO3S/c23-19-14-20(24)18(11-4-8-15-6-2-1-3-7-15)17(19)10-5-9-16-12-13-21(27-16)22(25)26/h1-3,6-7,12-13,17-20,24H,4-5,8-11,14H2,(H,25,26)/t17-,18-,19-,20-/m1/s1. The number of rotatable bonds is 9. The number of carbonyl (C=O) groups is 1. The Kier molecular flexibility index (Phi) is 7.33. The number of carboxylic acid groups (broad SMARTS) is 1. The summed E-state index contributed by atoms with van der Waals surface area (Å²) in [4.78, 5) is 12.5. The molecule has 0 radical (unpaired) electrons. The van der Waals surface area contributed by atoms with Gasteiger partial charge in [-0.05, 0) is 74.5 Å². The molecule has 2 N–H and O–H groups in total. The van der Waals surface area contributed by atoms with Crippen molar-refractivity contribution >= 4 is 28.9 Å². The first kappa shape index (κ1) is 20.4. The Morgan fingerprint density at radius 2 is 1.74 bits per heavy atom. The van der Waals surface area contributed by atoms with E-state index in [4.69, 9.17) is 16.7 Å². The van der Waals surface area contributed by atoms with Crippen LogP contribution in [0.25, 0.3) is 0 Å². The van der Waals surface area contributed by atoms with Gasteiger partial charge < -0.3 is 10.2 Å². The molecule has 0 spiro atoms. The van der Waals surface area contributed by atoms with Crippen LogP contribution in [0, 0.1) is 11.8 Å². The number of aliphatic hydroxyl groups is 1. The van der Waals surface area contributed by atoms with Crippen molar-refractivity contribution in [2.24, 2.45) is 11.8 Å². The molecule has 0 unspecified atom stereocenters. The Morgan fingerprint density at radius 3 is 2.44 bits per heavy atom. The van der Waals surface area contributed by atoms with Crippen molar-refractivity contribution in [1.29, 1.82) is 0 Å². The third-order valence-electron chi connectivity index (χ3n) is 5.65. The molecular formula is C22H27ClO3S. The highest BCUT2D eigenvalue weighted by atomic mass is 35.5. The van der Waals surface area contributed by atoms with Gasteiger partial charge in [-0.15, -0.1) is 22.9 Å². The summed E-state index contributed by atoms with van der Waals surface area (Å²) in [5.41, 5.74) is 1.34. The first-order chi connectivity index (χ1) is 13.0. The number of halogens is 1. The summed E-state index contributed by atoms with van der Waals surface area (Å²) in [6, 6.07) is 14.1. The fraction of sp³-hybridized carbons (Fsp3) is 0.500. The Labute approximate surface area is 170 Å². The largest absolute Gasteiger partial charge is 0.477 e. The van der Waals surface area contributed by atoms with E-state index in [1.165, 1.54) is 16.9 Å². The van der Waals surface area contributed by atoms with Crippen LogP contribution in [0.2, 0.25) is 0 Å². The molecule has 4 atom stereocenters. The van der Waals surface area contributed by atoms with Crippen LogP contribution < -0.4 is 0 Å². The second-order valence-corrected chi connectivity index (χ2v) is 9.22. The molecule has 1 aromatic heterocycles. The summed E-state index contributed by atoms with van der Waals surface area (Å²) in [7, 11) is 0. The molecule has 1 fully saturated rings. The minimum atomic E-state index is -0.857. The SMILES string of the molecule is O=C(O)c1ccc(CCC[C@@H]2[C@@H](CCCc3ccccc3)[C@H](O)C[C@H]2Cl)s1. The zero-order valence-electron chi connectivity index (χ0n) is 15.4. The maximum atomic E-state index is 11.0. The summed E-state index contributed by atoms with van der Waals surface area (Å²) in [5.74, 6) is -0.241. The van der Waals surface area contributed by atoms with Crippen LogP contribution in [0.5, 0.6) is 0 Å².